The highest BCUT2D eigenvalue weighted by Gasteiger charge is 2.40. The van der Waals surface area contributed by atoms with Crippen molar-refractivity contribution in [2.24, 2.45) is 11.8 Å². The third kappa shape index (κ3) is 3.34. The van der Waals surface area contributed by atoms with Crippen LogP contribution in [0.1, 0.15) is 31.2 Å². The summed E-state index contributed by atoms with van der Waals surface area (Å²) < 4.78 is 5.66. The predicted molar refractivity (Wildman–Crippen MR) is 92.6 cm³/mol. The summed E-state index contributed by atoms with van der Waals surface area (Å²) in [7, 11) is 0. The predicted octanol–water partition coefficient (Wildman–Crippen LogP) is 3.44. The van der Waals surface area contributed by atoms with Gasteiger partial charge in [0.15, 0.2) is 0 Å². The van der Waals surface area contributed by atoms with Gasteiger partial charge in [0, 0.05) is 11.6 Å². The summed E-state index contributed by atoms with van der Waals surface area (Å²) in [4.78, 5) is 12.1. The Balaban J connectivity index is 1.31. The number of hydrogen-bond acceptors (Lipinski definition) is 5. The Labute approximate surface area is 145 Å². The van der Waals surface area contributed by atoms with Crippen LogP contribution in [0.5, 0.6) is 0 Å². The molecule has 1 amide bonds. The summed E-state index contributed by atoms with van der Waals surface area (Å²) in [6, 6.07) is 8.31. The van der Waals surface area contributed by atoms with E-state index >= 15 is 0 Å². The summed E-state index contributed by atoms with van der Waals surface area (Å²) in [5.74, 6) is 2.41. The van der Waals surface area contributed by atoms with Crippen LogP contribution in [0.3, 0.4) is 0 Å². The van der Waals surface area contributed by atoms with E-state index in [2.05, 4.69) is 15.5 Å². The maximum atomic E-state index is 12.1. The lowest BCUT2D eigenvalue weighted by molar-refractivity contribution is -0.119. The molecule has 2 fully saturated rings. The van der Waals surface area contributed by atoms with E-state index in [-0.39, 0.29) is 5.91 Å². The van der Waals surface area contributed by atoms with Gasteiger partial charge in [0.05, 0.1) is 5.75 Å². The van der Waals surface area contributed by atoms with Gasteiger partial charge >= 0.3 is 0 Å². The minimum Gasteiger partial charge on any atom is -0.411 e. The van der Waals surface area contributed by atoms with Gasteiger partial charge in [0.2, 0.25) is 11.8 Å². The molecule has 0 aliphatic heterocycles. The first-order valence-electron chi connectivity index (χ1n) is 8.50. The van der Waals surface area contributed by atoms with Crippen LogP contribution in [0.15, 0.2) is 33.9 Å². The van der Waals surface area contributed by atoms with Crippen LogP contribution in [0.4, 0.5) is 0 Å². The van der Waals surface area contributed by atoms with E-state index in [0.717, 1.165) is 23.5 Å². The van der Waals surface area contributed by atoms with Gasteiger partial charge < -0.3 is 9.73 Å². The summed E-state index contributed by atoms with van der Waals surface area (Å²) >= 11 is 1.30. The highest BCUT2D eigenvalue weighted by atomic mass is 32.2. The van der Waals surface area contributed by atoms with Crippen LogP contribution in [0, 0.1) is 18.8 Å². The van der Waals surface area contributed by atoms with Gasteiger partial charge in [-0.2, -0.15) is 0 Å². The largest absolute Gasteiger partial charge is 0.411 e. The van der Waals surface area contributed by atoms with Crippen LogP contribution in [-0.2, 0) is 4.79 Å². The number of hydrogen-bond donors (Lipinski definition) is 1. The van der Waals surface area contributed by atoms with Crippen LogP contribution >= 0.6 is 11.8 Å². The smallest absolute Gasteiger partial charge is 0.277 e. The van der Waals surface area contributed by atoms with Crippen LogP contribution in [-0.4, -0.2) is 27.9 Å². The van der Waals surface area contributed by atoms with Gasteiger partial charge in [0.25, 0.3) is 5.22 Å². The lowest BCUT2D eigenvalue weighted by atomic mass is 9.95. The van der Waals surface area contributed by atoms with Crippen molar-refractivity contribution >= 4 is 17.7 Å². The number of rotatable bonds is 5. The normalized spacial score (nSPS) is 25.1. The summed E-state index contributed by atoms with van der Waals surface area (Å²) in [5, 5.41) is 11.7. The minimum absolute atomic E-state index is 0.0628. The number of amides is 1. The summed E-state index contributed by atoms with van der Waals surface area (Å²) in [6.07, 6.45) is 5.06. The second-order valence-electron chi connectivity index (χ2n) is 6.88. The molecule has 126 valence electrons. The monoisotopic (exact) mass is 343 g/mol. The molecule has 1 aromatic heterocycles. The number of benzene rings is 1. The van der Waals surface area contributed by atoms with E-state index < -0.39 is 0 Å². The average molecular weight is 343 g/mol. The van der Waals surface area contributed by atoms with Gasteiger partial charge in [-0.05, 0) is 50.2 Å². The number of nitrogens with one attached hydrogen (secondary N) is 1. The highest BCUT2D eigenvalue weighted by Crippen LogP contribution is 2.44. The van der Waals surface area contributed by atoms with Crippen molar-refractivity contribution in [3.05, 3.63) is 29.8 Å². The van der Waals surface area contributed by atoms with E-state index in [0.29, 0.717) is 28.8 Å². The average Bonchev–Trinajstić information content (AvgIpc) is 3.29. The molecular weight excluding hydrogens is 322 g/mol. The van der Waals surface area contributed by atoms with Crippen LogP contribution < -0.4 is 5.32 Å². The quantitative estimate of drug-likeness (QED) is 0.842. The molecular formula is C18H21N3O2S. The second kappa shape index (κ2) is 6.59. The number of carbonyl (C=O) groups excluding carboxylic acids is 1. The zero-order chi connectivity index (χ0) is 16.5. The molecule has 0 unspecified atom stereocenters. The first kappa shape index (κ1) is 15.7. The topological polar surface area (TPSA) is 68.0 Å². The van der Waals surface area contributed by atoms with E-state index in [1.54, 1.807) is 0 Å². The van der Waals surface area contributed by atoms with E-state index in [1.807, 2.05) is 31.2 Å². The zero-order valence-corrected chi connectivity index (χ0v) is 14.5. The molecule has 2 aliphatic rings. The van der Waals surface area contributed by atoms with E-state index in [9.17, 15) is 4.79 Å². The Morgan fingerprint density at radius 1 is 1.33 bits per heavy atom. The van der Waals surface area contributed by atoms with E-state index in [1.165, 1.54) is 31.0 Å². The zero-order valence-electron chi connectivity index (χ0n) is 13.7. The first-order chi connectivity index (χ1) is 11.7. The number of thioether (sulfide) groups is 1. The van der Waals surface area contributed by atoms with Crippen molar-refractivity contribution in [3.8, 4) is 11.5 Å². The molecule has 5 nitrogen and oxygen atoms in total. The fourth-order valence-corrected chi connectivity index (χ4v) is 4.53. The maximum absolute atomic E-state index is 12.1. The summed E-state index contributed by atoms with van der Waals surface area (Å²) in [6.45, 7) is 2.02. The molecule has 2 saturated carbocycles. The lowest BCUT2D eigenvalue weighted by Gasteiger charge is -2.22. The number of carbonyl (C=O) groups is 1. The van der Waals surface area contributed by atoms with Gasteiger partial charge in [0.1, 0.15) is 0 Å². The molecule has 1 heterocycles. The first-order valence-corrected chi connectivity index (χ1v) is 9.48. The molecule has 2 aliphatic carbocycles. The van der Waals surface area contributed by atoms with Gasteiger partial charge in [-0.3, -0.25) is 4.79 Å². The molecule has 0 spiro atoms. The van der Waals surface area contributed by atoms with Crippen molar-refractivity contribution in [2.75, 3.05) is 5.75 Å². The van der Waals surface area contributed by atoms with Crippen LogP contribution in [0.2, 0.25) is 0 Å². The molecule has 3 atom stereocenters. The fraction of sp³-hybridized carbons (Fsp3) is 0.500. The standard InChI is InChI=1S/C18H21N3O2S/c1-11-3-2-4-14(7-11)17-20-21-18(23-17)24-10-16(22)19-15-9-12-5-6-13(15)8-12/h2-4,7,12-13,15H,5-6,8-10H2,1H3,(H,19,22)/t12-,13+,15-/m0/s1. The van der Waals surface area contributed by atoms with E-state index in [4.69, 9.17) is 4.42 Å². The van der Waals surface area contributed by atoms with Gasteiger partial charge in [-0.25, -0.2) is 0 Å². The number of aromatic nitrogens is 2. The van der Waals surface area contributed by atoms with Crippen LogP contribution in [0.25, 0.3) is 11.5 Å². The third-order valence-corrected chi connectivity index (χ3v) is 5.90. The molecule has 2 aromatic rings. The van der Waals surface area contributed by atoms with Crippen molar-refractivity contribution < 1.29 is 9.21 Å². The molecule has 0 saturated heterocycles. The SMILES string of the molecule is Cc1cccc(-c2nnc(SCC(=O)N[C@H]3C[C@H]4CC[C@@H]3C4)o2)c1. The molecule has 6 heteroatoms. The maximum Gasteiger partial charge on any atom is 0.277 e. The second-order valence-corrected chi connectivity index (χ2v) is 7.81. The van der Waals surface area contributed by atoms with Crippen molar-refractivity contribution in [2.45, 2.75) is 43.9 Å². The van der Waals surface area contributed by atoms with Gasteiger partial charge in [-0.15, -0.1) is 10.2 Å². The molecule has 4 rings (SSSR count). The molecule has 24 heavy (non-hydrogen) atoms. The Hall–Kier alpha value is -1.82. The molecule has 1 N–H and O–H groups in total. The Morgan fingerprint density at radius 2 is 2.25 bits per heavy atom. The fourth-order valence-electron chi connectivity index (χ4n) is 3.96. The summed E-state index contributed by atoms with van der Waals surface area (Å²) in [5.41, 5.74) is 2.05. The number of aryl methyl sites for hydroxylation is 1. The molecule has 2 bridgehead atoms. The van der Waals surface area contributed by atoms with Crippen molar-refractivity contribution in [1.82, 2.24) is 15.5 Å². The van der Waals surface area contributed by atoms with Crippen molar-refractivity contribution in [1.29, 1.82) is 0 Å². The van der Waals surface area contributed by atoms with Crippen molar-refractivity contribution in [3.63, 3.8) is 0 Å². The highest BCUT2D eigenvalue weighted by molar-refractivity contribution is 7.99. The lowest BCUT2D eigenvalue weighted by Crippen LogP contribution is -2.39. The molecule has 0 radical (unpaired) electrons. The number of fused-ring (bicyclic) bond motifs is 2. The van der Waals surface area contributed by atoms with Gasteiger partial charge in [-0.1, -0.05) is 35.9 Å². The third-order valence-electron chi connectivity index (χ3n) is 5.08. The Morgan fingerprint density at radius 3 is 3.00 bits per heavy atom. The molecule has 1 aromatic carbocycles. The Bertz CT molecular complexity index is 745. The number of nitrogens with zero attached hydrogens (tertiary/aromatic N) is 2. The Kier molecular flexibility index (Phi) is 4.31. The minimum atomic E-state index is 0.0628.